The van der Waals surface area contributed by atoms with Gasteiger partial charge in [0.25, 0.3) is 0 Å². The van der Waals surface area contributed by atoms with Crippen LogP contribution in [0.2, 0.25) is 0 Å². The second kappa shape index (κ2) is 6.58. The first-order valence-corrected chi connectivity index (χ1v) is 8.55. The van der Waals surface area contributed by atoms with Crippen LogP contribution in [0.3, 0.4) is 0 Å². The summed E-state index contributed by atoms with van der Waals surface area (Å²) in [5, 5.41) is 0. The van der Waals surface area contributed by atoms with Crippen molar-refractivity contribution in [2.75, 3.05) is 18.0 Å². The number of aromatic nitrogens is 6. The quantitative estimate of drug-likeness (QED) is 0.731. The zero-order valence-corrected chi connectivity index (χ0v) is 14.5. The number of hydrogen-bond acceptors (Lipinski definition) is 6. The van der Waals surface area contributed by atoms with Crippen LogP contribution in [0.5, 0.6) is 0 Å². The van der Waals surface area contributed by atoms with E-state index in [1.54, 1.807) is 18.7 Å². The largest absolute Gasteiger partial charge is 0.356 e. The van der Waals surface area contributed by atoms with E-state index in [0.717, 1.165) is 54.8 Å². The number of aryl methyl sites for hydroxylation is 2. The van der Waals surface area contributed by atoms with Crippen molar-refractivity contribution >= 4 is 5.82 Å². The lowest BCUT2D eigenvalue weighted by Crippen LogP contribution is -2.33. The summed E-state index contributed by atoms with van der Waals surface area (Å²) in [6.45, 7) is 3.90. The van der Waals surface area contributed by atoms with Crippen LogP contribution < -0.4 is 4.90 Å². The minimum atomic E-state index is 0.443. The molecule has 0 amide bonds. The highest BCUT2D eigenvalue weighted by atomic mass is 15.2. The first-order chi connectivity index (χ1) is 12.2. The van der Waals surface area contributed by atoms with E-state index in [2.05, 4.69) is 30.9 Å². The van der Waals surface area contributed by atoms with Gasteiger partial charge in [0, 0.05) is 50.3 Å². The third kappa shape index (κ3) is 3.22. The van der Waals surface area contributed by atoms with Crippen LogP contribution >= 0.6 is 0 Å². The second-order valence-corrected chi connectivity index (χ2v) is 6.42. The van der Waals surface area contributed by atoms with Gasteiger partial charge < -0.3 is 9.47 Å². The van der Waals surface area contributed by atoms with Crippen LogP contribution in [0.15, 0.2) is 37.1 Å². The van der Waals surface area contributed by atoms with Gasteiger partial charge in [-0.05, 0) is 31.9 Å². The average molecular weight is 335 g/mol. The molecule has 0 bridgehead atoms. The Kier molecular flexibility index (Phi) is 4.13. The fraction of sp³-hybridized carbons (Fsp3) is 0.389. The molecule has 1 aliphatic heterocycles. The number of hydrogen-bond donors (Lipinski definition) is 0. The van der Waals surface area contributed by atoms with E-state index in [0.29, 0.717) is 5.92 Å². The maximum atomic E-state index is 4.70. The van der Waals surface area contributed by atoms with E-state index in [4.69, 9.17) is 4.98 Å². The molecule has 1 fully saturated rings. The van der Waals surface area contributed by atoms with E-state index in [1.807, 2.05) is 30.8 Å². The van der Waals surface area contributed by atoms with Gasteiger partial charge in [0.2, 0.25) is 0 Å². The van der Waals surface area contributed by atoms with Crippen molar-refractivity contribution in [2.24, 2.45) is 7.05 Å². The van der Waals surface area contributed by atoms with Crippen molar-refractivity contribution in [3.8, 4) is 11.5 Å². The third-order valence-corrected chi connectivity index (χ3v) is 4.71. The molecule has 4 rings (SSSR count). The maximum Gasteiger partial charge on any atom is 0.158 e. The molecule has 0 saturated carbocycles. The maximum absolute atomic E-state index is 4.70. The Labute approximate surface area is 146 Å². The molecule has 3 aromatic rings. The summed E-state index contributed by atoms with van der Waals surface area (Å²) in [6.07, 6.45) is 9.25. The Morgan fingerprint density at radius 3 is 2.60 bits per heavy atom. The number of imidazole rings is 1. The summed E-state index contributed by atoms with van der Waals surface area (Å²) in [5.41, 5.74) is 2.01. The highest BCUT2D eigenvalue weighted by Crippen LogP contribution is 2.30. The van der Waals surface area contributed by atoms with Gasteiger partial charge in [-0.2, -0.15) is 0 Å². The molecule has 0 spiro atoms. The van der Waals surface area contributed by atoms with Crippen molar-refractivity contribution < 1.29 is 0 Å². The molecular weight excluding hydrogens is 314 g/mol. The molecule has 0 aromatic carbocycles. The van der Waals surface area contributed by atoms with Gasteiger partial charge in [-0.3, -0.25) is 0 Å². The molecule has 4 heterocycles. The van der Waals surface area contributed by atoms with Crippen LogP contribution in [-0.2, 0) is 7.05 Å². The summed E-state index contributed by atoms with van der Waals surface area (Å²) >= 11 is 0. The summed E-state index contributed by atoms with van der Waals surface area (Å²) < 4.78 is 1.99. The van der Waals surface area contributed by atoms with Gasteiger partial charge in [0.1, 0.15) is 23.7 Å². The second-order valence-electron chi connectivity index (χ2n) is 6.42. The lowest BCUT2D eigenvalue weighted by molar-refractivity contribution is 0.492. The van der Waals surface area contributed by atoms with Crippen molar-refractivity contribution in [1.29, 1.82) is 0 Å². The Hall–Kier alpha value is -2.83. The lowest BCUT2D eigenvalue weighted by atomic mass is 9.92. The topological polar surface area (TPSA) is 72.6 Å². The normalized spacial score (nSPS) is 15.5. The molecule has 7 heteroatoms. The molecule has 0 atom stereocenters. The number of rotatable bonds is 3. The van der Waals surface area contributed by atoms with E-state index >= 15 is 0 Å². The molecule has 25 heavy (non-hydrogen) atoms. The van der Waals surface area contributed by atoms with E-state index in [9.17, 15) is 0 Å². The smallest absolute Gasteiger partial charge is 0.158 e. The van der Waals surface area contributed by atoms with Crippen LogP contribution in [0.4, 0.5) is 5.82 Å². The molecule has 0 N–H and O–H groups in total. The monoisotopic (exact) mass is 335 g/mol. The SMILES string of the molecule is Cc1nc(-c2nccn2C)cc(C2CCN(c3ccncn3)CC2)n1. The Bertz CT molecular complexity index is 851. The van der Waals surface area contributed by atoms with Gasteiger partial charge in [0.15, 0.2) is 5.82 Å². The van der Waals surface area contributed by atoms with Gasteiger partial charge in [-0.25, -0.2) is 24.9 Å². The molecule has 0 aliphatic carbocycles. The first-order valence-electron chi connectivity index (χ1n) is 8.55. The highest BCUT2D eigenvalue weighted by molar-refractivity contribution is 5.50. The molecule has 1 aliphatic rings. The van der Waals surface area contributed by atoms with E-state index in [1.165, 1.54) is 0 Å². The number of anilines is 1. The standard InChI is InChI=1S/C18H21N7/c1-13-22-15(11-16(23-13)18-20-7-10-24(18)2)14-4-8-25(9-5-14)17-3-6-19-12-21-17/h3,6-7,10-12,14H,4-5,8-9H2,1-2H3. The summed E-state index contributed by atoms with van der Waals surface area (Å²) in [4.78, 5) is 24.3. The average Bonchev–Trinajstić information content (AvgIpc) is 3.08. The molecule has 0 radical (unpaired) electrons. The molecular formula is C18H21N7. The number of nitrogens with zero attached hydrogens (tertiary/aromatic N) is 7. The molecule has 0 unspecified atom stereocenters. The van der Waals surface area contributed by atoms with Crippen molar-refractivity contribution in [2.45, 2.75) is 25.7 Å². The van der Waals surface area contributed by atoms with Gasteiger partial charge in [-0.1, -0.05) is 0 Å². The highest BCUT2D eigenvalue weighted by Gasteiger charge is 2.23. The van der Waals surface area contributed by atoms with Crippen molar-refractivity contribution in [3.63, 3.8) is 0 Å². The van der Waals surface area contributed by atoms with E-state index < -0.39 is 0 Å². The molecule has 7 nitrogen and oxygen atoms in total. The van der Waals surface area contributed by atoms with Crippen LogP contribution in [0, 0.1) is 6.92 Å². The lowest BCUT2D eigenvalue weighted by Gasteiger charge is -2.32. The summed E-state index contributed by atoms with van der Waals surface area (Å²) in [7, 11) is 1.99. The fourth-order valence-electron chi connectivity index (χ4n) is 3.40. The van der Waals surface area contributed by atoms with E-state index in [-0.39, 0.29) is 0 Å². The van der Waals surface area contributed by atoms with Gasteiger partial charge in [0.05, 0.1) is 0 Å². The molecule has 128 valence electrons. The predicted molar refractivity (Wildman–Crippen MR) is 95.2 cm³/mol. The van der Waals surface area contributed by atoms with Gasteiger partial charge >= 0.3 is 0 Å². The van der Waals surface area contributed by atoms with Crippen LogP contribution in [0.25, 0.3) is 11.5 Å². The van der Waals surface area contributed by atoms with Gasteiger partial charge in [-0.15, -0.1) is 0 Å². The van der Waals surface area contributed by atoms with Crippen molar-refractivity contribution in [3.05, 3.63) is 48.6 Å². The predicted octanol–water partition coefficient (Wildman–Crippen LogP) is 2.36. The Balaban J connectivity index is 1.53. The summed E-state index contributed by atoms with van der Waals surface area (Å²) in [6, 6.07) is 4.06. The first kappa shape index (κ1) is 15.7. The number of piperidine rings is 1. The summed E-state index contributed by atoms with van der Waals surface area (Å²) in [5.74, 6) is 3.12. The van der Waals surface area contributed by atoms with Crippen LogP contribution in [0.1, 0.15) is 30.3 Å². The third-order valence-electron chi connectivity index (χ3n) is 4.71. The Morgan fingerprint density at radius 1 is 1.08 bits per heavy atom. The fourth-order valence-corrected chi connectivity index (χ4v) is 3.40. The Morgan fingerprint density at radius 2 is 1.92 bits per heavy atom. The van der Waals surface area contributed by atoms with Crippen molar-refractivity contribution in [1.82, 2.24) is 29.5 Å². The minimum Gasteiger partial charge on any atom is -0.356 e. The zero-order chi connectivity index (χ0) is 17.2. The minimum absolute atomic E-state index is 0.443. The van der Waals surface area contributed by atoms with Crippen LogP contribution in [-0.4, -0.2) is 42.6 Å². The molecule has 3 aromatic heterocycles. The zero-order valence-electron chi connectivity index (χ0n) is 14.5. The molecule has 1 saturated heterocycles.